The van der Waals surface area contributed by atoms with E-state index in [-0.39, 0.29) is 24.0 Å². The molecule has 8 heteroatoms. The van der Waals surface area contributed by atoms with Crippen LogP contribution in [-0.2, 0) is 22.6 Å². The van der Waals surface area contributed by atoms with Crippen molar-refractivity contribution in [1.29, 1.82) is 0 Å². The molecule has 3 rings (SSSR count). The fourth-order valence-corrected chi connectivity index (χ4v) is 4.35. The second kappa shape index (κ2) is 15.1. The molecule has 7 nitrogen and oxygen atoms in total. The summed E-state index contributed by atoms with van der Waals surface area (Å²) in [6.07, 6.45) is 1.15. The quantitative estimate of drug-likeness (QED) is 0.206. The van der Waals surface area contributed by atoms with Crippen LogP contribution in [0, 0.1) is 5.92 Å². The van der Waals surface area contributed by atoms with Gasteiger partial charge in [0.2, 0.25) is 0 Å². The highest BCUT2D eigenvalue weighted by molar-refractivity contribution is 14.0. The molecule has 1 atom stereocenters. The van der Waals surface area contributed by atoms with Crippen molar-refractivity contribution in [3.8, 4) is 0 Å². The minimum absolute atomic E-state index is 0. The van der Waals surface area contributed by atoms with Gasteiger partial charge >= 0.3 is 0 Å². The number of hydrogen-bond donors (Lipinski definition) is 1. The Morgan fingerprint density at radius 1 is 1.03 bits per heavy atom. The van der Waals surface area contributed by atoms with E-state index < -0.39 is 0 Å². The van der Waals surface area contributed by atoms with Crippen LogP contribution >= 0.6 is 24.0 Å². The van der Waals surface area contributed by atoms with Gasteiger partial charge in [0.15, 0.2) is 5.96 Å². The molecular weight excluding hydrogens is 517 g/mol. The Morgan fingerprint density at radius 3 is 2.38 bits per heavy atom. The van der Waals surface area contributed by atoms with E-state index in [1.54, 1.807) is 7.11 Å². The number of nitrogens with one attached hydrogen (secondary N) is 1. The van der Waals surface area contributed by atoms with Crippen LogP contribution in [0.3, 0.4) is 0 Å². The highest BCUT2D eigenvalue weighted by Crippen LogP contribution is 2.17. The number of likely N-dealkylation sites (N-methyl/N-ethyl adjacent to an activating group) is 1. The molecule has 2 fully saturated rings. The zero-order valence-corrected chi connectivity index (χ0v) is 22.4. The molecule has 2 aliphatic heterocycles. The smallest absolute Gasteiger partial charge is 0.193 e. The first kappa shape index (κ1) is 27.3. The molecule has 2 saturated heterocycles. The molecular formula is C24H42IN5O2. The Morgan fingerprint density at radius 2 is 1.72 bits per heavy atom. The van der Waals surface area contributed by atoms with Crippen molar-refractivity contribution in [2.24, 2.45) is 10.9 Å². The third kappa shape index (κ3) is 8.78. The van der Waals surface area contributed by atoms with Gasteiger partial charge in [-0.1, -0.05) is 31.2 Å². The van der Waals surface area contributed by atoms with Crippen LogP contribution in [0.4, 0.5) is 0 Å². The molecule has 2 heterocycles. The molecule has 0 radical (unpaired) electrons. The zero-order chi connectivity index (χ0) is 21.9. The van der Waals surface area contributed by atoms with E-state index in [1.165, 1.54) is 43.9 Å². The third-order valence-electron chi connectivity index (χ3n) is 6.37. The number of aliphatic imine (C=N–C) groups is 1. The standard InChI is InChI=1S/C24H41N5O2.HI/c1-4-27-11-13-28(14-12-27)18-22-7-5-21(6-8-22)17-26-24(25-2)29-10-9-23(19-29)20-31-16-15-30-3;/h5-8,23H,4,9-20H2,1-3H3,(H,25,26);1H. The highest BCUT2D eigenvalue weighted by atomic mass is 127. The molecule has 0 amide bonds. The molecule has 0 spiro atoms. The summed E-state index contributed by atoms with van der Waals surface area (Å²) in [5.74, 6) is 1.55. The number of rotatable bonds is 10. The van der Waals surface area contributed by atoms with Gasteiger partial charge in [-0.3, -0.25) is 9.89 Å². The van der Waals surface area contributed by atoms with Gasteiger partial charge in [-0.05, 0) is 24.1 Å². The maximum absolute atomic E-state index is 5.71. The summed E-state index contributed by atoms with van der Waals surface area (Å²) in [7, 11) is 3.57. The molecule has 1 aromatic rings. The lowest BCUT2D eigenvalue weighted by molar-refractivity contribution is 0.0536. The molecule has 0 aromatic heterocycles. The van der Waals surface area contributed by atoms with Crippen molar-refractivity contribution in [3.05, 3.63) is 35.4 Å². The number of methoxy groups -OCH3 is 1. The van der Waals surface area contributed by atoms with Crippen molar-refractivity contribution in [2.75, 3.05) is 79.8 Å². The predicted octanol–water partition coefficient (Wildman–Crippen LogP) is 2.50. The summed E-state index contributed by atoms with van der Waals surface area (Å²) in [6.45, 7) is 14.1. The molecule has 182 valence electrons. The summed E-state index contributed by atoms with van der Waals surface area (Å²) < 4.78 is 10.7. The number of likely N-dealkylation sites (tertiary alicyclic amines) is 1. The molecule has 0 aliphatic carbocycles. The molecule has 32 heavy (non-hydrogen) atoms. The van der Waals surface area contributed by atoms with Gasteiger partial charge in [0.05, 0.1) is 19.8 Å². The van der Waals surface area contributed by atoms with Gasteiger partial charge < -0.3 is 24.6 Å². The van der Waals surface area contributed by atoms with E-state index in [2.05, 4.69) is 56.2 Å². The lowest BCUT2D eigenvalue weighted by Gasteiger charge is -2.34. The molecule has 0 bridgehead atoms. The number of hydrogen-bond acceptors (Lipinski definition) is 5. The Balaban J connectivity index is 0.00000363. The Bertz CT molecular complexity index is 665. The molecule has 2 aliphatic rings. The van der Waals surface area contributed by atoms with E-state index in [0.717, 1.165) is 45.2 Å². The Labute approximate surface area is 211 Å². The monoisotopic (exact) mass is 559 g/mol. The van der Waals surface area contributed by atoms with Crippen molar-refractivity contribution in [3.63, 3.8) is 0 Å². The normalized spacial score (nSPS) is 20.4. The molecule has 1 aromatic carbocycles. The largest absolute Gasteiger partial charge is 0.382 e. The van der Waals surface area contributed by atoms with E-state index in [0.29, 0.717) is 19.1 Å². The van der Waals surface area contributed by atoms with Gasteiger partial charge in [0.1, 0.15) is 0 Å². The van der Waals surface area contributed by atoms with E-state index >= 15 is 0 Å². The Hall–Kier alpha value is -0.940. The number of halogens is 1. The minimum atomic E-state index is 0. The number of piperazine rings is 1. The van der Waals surface area contributed by atoms with Crippen LogP contribution in [0.1, 0.15) is 24.5 Å². The van der Waals surface area contributed by atoms with Crippen LogP contribution in [0.5, 0.6) is 0 Å². The van der Waals surface area contributed by atoms with Crippen LogP contribution in [0.15, 0.2) is 29.3 Å². The van der Waals surface area contributed by atoms with Crippen LogP contribution < -0.4 is 5.32 Å². The van der Waals surface area contributed by atoms with Crippen molar-refractivity contribution < 1.29 is 9.47 Å². The van der Waals surface area contributed by atoms with Crippen molar-refractivity contribution in [1.82, 2.24) is 20.0 Å². The van der Waals surface area contributed by atoms with Gasteiger partial charge in [-0.2, -0.15) is 0 Å². The number of benzene rings is 1. The predicted molar refractivity (Wildman–Crippen MR) is 142 cm³/mol. The number of guanidine groups is 1. The summed E-state index contributed by atoms with van der Waals surface area (Å²) in [5, 5.41) is 3.54. The summed E-state index contributed by atoms with van der Waals surface area (Å²) in [5.41, 5.74) is 2.69. The second-order valence-corrected chi connectivity index (χ2v) is 8.60. The van der Waals surface area contributed by atoms with E-state index in [9.17, 15) is 0 Å². The van der Waals surface area contributed by atoms with Crippen molar-refractivity contribution in [2.45, 2.75) is 26.4 Å². The van der Waals surface area contributed by atoms with Gasteiger partial charge in [-0.25, -0.2) is 0 Å². The first-order chi connectivity index (χ1) is 15.2. The molecule has 0 saturated carbocycles. The van der Waals surface area contributed by atoms with Crippen LogP contribution in [-0.4, -0.2) is 100 Å². The van der Waals surface area contributed by atoms with Gasteiger partial charge in [-0.15, -0.1) is 24.0 Å². The first-order valence-electron chi connectivity index (χ1n) is 11.8. The van der Waals surface area contributed by atoms with Crippen LogP contribution in [0.25, 0.3) is 0 Å². The topological polar surface area (TPSA) is 52.6 Å². The van der Waals surface area contributed by atoms with Crippen LogP contribution in [0.2, 0.25) is 0 Å². The number of ether oxygens (including phenoxy) is 2. The molecule has 1 unspecified atom stereocenters. The van der Waals surface area contributed by atoms with E-state index in [4.69, 9.17) is 9.47 Å². The average molecular weight is 560 g/mol. The SMILES string of the molecule is CCN1CCN(Cc2ccc(CNC(=NC)N3CCC(COCCOC)C3)cc2)CC1.I. The lowest BCUT2D eigenvalue weighted by Crippen LogP contribution is -2.45. The van der Waals surface area contributed by atoms with Gasteiger partial charge in [0, 0.05) is 72.4 Å². The summed E-state index contributed by atoms with van der Waals surface area (Å²) >= 11 is 0. The maximum Gasteiger partial charge on any atom is 0.193 e. The fourth-order valence-electron chi connectivity index (χ4n) is 4.35. The first-order valence-corrected chi connectivity index (χ1v) is 11.8. The fraction of sp³-hybridized carbons (Fsp3) is 0.708. The lowest BCUT2D eigenvalue weighted by atomic mass is 10.1. The van der Waals surface area contributed by atoms with E-state index in [1.807, 2.05) is 7.05 Å². The summed E-state index contributed by atoms with van der Waals surface area (Å²) in [4.78, 5) is 11.9. The summed E-state index contributed by atoms with van der Waals surface area (Å²) in [6, 6.07) is 9.03. The number of nitrogens with zero attached hydrogens (tertiary/aromatic N) is 4. The second-order valence-electron chi connectivity index (χ2n) is 8.60. The minimum Gasteiger partial charge on any atom is -0.382 e. The van der Waals surface area contributed by atoms with Crippen molar-refractivity contribution >= 4 is 29.9 Å². The highest BCUT2D eigenvalue weighted by Gasteiger charge is 2.25. The maximum atomic E-state index is 5.71. The average Bonchev–Trinajstić information content (AvgIpc) is 3.27. The van der Waals surface area contributed by atoms with Gasteiger partial charge in [0.25, 0.3) is 0 Å². The Kier molecular flexibility index (Phi) is 12.8. The third-order valence-corrected chi connectivity index (χ3v) is 6.37. The molecule has 1 N–H and O–H groups in total. The zero-order valence-electron chi connectivity index (χ0n) is 20.1.